The van der Waals surface area contributed by atoms with Crippen molar-refractivity contribution in [3.63, 3.8) is 0 Å². The van der Waals surface area contributed by atoms with Crippen molar-refractivity contribution in [3.8, 4) is 16.9 Å². The Kier molecular flexibility index (Phi) is 5.32. The third-order valence-corrected chi connectivity index (χ3v) is 3.97. The van der Waals surface area contributed by atoms with E-state index < -0.39 is 52.1 Å². The van der Waals surface area contributed by atoms with Gasteiger partial charge in [0.15, 0.2) is 35.4 Å². The van der Waals surface area contributed by atoms with Crippen LogP contribution in [0.2, 0.25) is 0 Å². The van der Waals surface area contributed by atoms with Gasteiger partial charge in [-0.1, -0.05) is 18.2 Å². The summed E-state index contributed by atoms with van der Waals surface area (Å²) >= 11 is 0. The molecule has 0 heterocycles. The zero-order valence-electron chi connectivity index (χ0n) is 14.2. The van der Waals surface area contributed by atoms with Crippen LogP contribution in [0.15, 0.2) is 48.5 Å². The maximum Gasteiger partial charge on any atom is 0.426 e. The molecule has 0 radical (unpaired) electrons. The van der Waals surface area contributed by atoms with Crippen LogP contribution in [-0.4, -0.2) is 6.29 Å². The Morgan fingerprint density at radius 2 is 1.34 bits per heavy atom. The lowest BCUT2D eigenvalue weighted by molar-refractivity contribution is -0.185. The van der Waals surface area contributed by atoms with Crippen LogP contribution in [0.3, 0.4) is 0 Å². The molecule has 3 aromatic rings. The van der Waals surface area contributed by atoms with Crippen LogP contribution >= 0.6 is 0 Å². The minimum atomic E-state index is -4.07. The van der Waals surface area contributed by atoms with Gasteiger partial charge in [-0.25, -0.2) is 22.0 Å². The highest BCUT2D eigenvalue weighted by Gasteiger charge is 2.35. The molecule has 0 aliphatic rings. The summed E-state index contributed by atoms with van der Waals surface area (Å²) in [5.74, 6) is -8.91. The van der Waals surface area contributed by atoms with Gasteiger partial charge < -0.3 is 4.74 Å². The van der Waals surface area contributed by atoms with Gasteiger partial charge in [0.25, 0.3) is 0 Å². The molecule has 0 amide bonds. The summed E-state index contributed by atoms with van der Waals surface area (Å²) < 4.78 is 99.8. The standard InChI is InChI=1S/C20H9F7O2/c21-15-7-13(8-16(22)19(15)25)29-20(26,27)12-4-1-10(2-5-12)14-6-3-11(9-28)17(23)18(14)24/h1-9H. The highest BCUT2D eigenvalue weighted by Crippen LogP contribution is 2.34. The average molecular weight is 414 g/mol. The molecule has 9 heteroatoms. The van der Waals surface area contributed by atoms with E-state index in [0.717, 1.165) is 36.4 Å². The molecule has 3 aromatic carbocycles. The van der Waals surface area contributed by atoms with Gasteiger partial charge in [0, 0.05) is 17.7 Å². The van der Waals surface area contributed by atoms with Gasteiger partial charge in [-0.05, 0) is 23.8 Å². The molecule has 3 rings (SSSR count). The number of hydrogen-bond acceptors (Lipinski definition) is 2. The Morgan fingerprint density at radius 1 is 0.759 bits per heavy atom. The molecular formula is C20H9F7O2. The highest BCUT2D eigenvalue weighted by atomic mass is 19.3. The summed E-state index contributed by atoms with van der Waals surface area (Å²) in [4.78, 5) is 10.6. The monoisotopic (exact) mass is 414 g/mol. The topological polar surface area (TPSA) is 26.3 Å². The van der Waals surface area contributed by atoms with Crippen molar-refractivity contribution in [1.29, 1.82) is 0 Å². The number of hydrogen-bond donors (Lipinski definition) is 0. The van der Waals surface area contributed by atoms with E-state index in [1.54, 1.807) is 0 Å². The van der Waals surface area contributed by atoms with E-state index in [1.165, 1.54) is 0 Å². The van der Waals surface area contributed by atoms with Crippen molar-refractivity contribution in [2.45, 2.75) is 6.11 Å². The maximum atomic E-state index is 14.2. The normalized spacial score (nSPS) is 11.4. The highest BCUT2D eigenvalue weighted by molar-refractivity contribution is 5.77. The fourth-order valence-electron chi connectivity index (χ4n) is 2.52. The van der Waals surface area contributed by atoms with E-state index >= 15 is 0 Å². The Bertz CT molecular complexity index is 1060. The van der Waals surface area contributed by atoms with Gasteiger partial charge in [-0.15, -0.1) is 0 Å². The quantitative estimate of drug-likeness (QED) is 0.291. The second kappa shape index (κ2) is 7.57. The van der Waals surface area contributed by atoms with Crippen molar-refractivity contribution in [3.05, 3.63) is 88.7 Å². The van der Waals surface area contributed by atoms with Crippen molar-refractivity contribution >= 4 is 6.29 Å². The first-order valence-electron chi connectivity index (χ1n) is 7.89. The molecule has 2 nitrogen and oxygen atoms in total. The molecule has 0 saturated carbocycles. The van der Waals surface area contributed by atoms with E-state index in [0.29, 0.717) is 0 Å². The molecule has 0 atom stereocenters. The summed E-state index contributed by atoms with van der Waals surface area (Å²) in [7, 11) is 0. The Morgan fingerprint density at radius 3 is 1.90 bits per heavy atom. The molecule has 0 spiro atoms. The van der Waals surface area contributed by atoms with Crippen LogP contribution in [0, 0.1) is 29.1 Å². The lowest BCUT2D eigenvalue weighted by Crippen LogP contribution is -2.22. The number of aldehydes is 1. The SMILES string of the molecule is O=Cc1ccc(-c2ccc(C(F)(F)Oc3cc(F)c(F)c(F)c3)cc2)c(F)c1F. The van der Waals surface area contributed by atoms with Gasteiger partial charge in [-0.2, -0.15) is 8.78 Å². The van der Waals surface area contributed by atoms with Crippen molar-refractivity contribution < 1.29 is 40.3 Å². The van der Waals surface area contributed by atoms with E-state index in [2.05, 4.69) is 4.74 Å². The molecule has 0 fully saturated rings. The number of benzene rings is 3. The Labute approximate surface area is 159 Å². The van der Waals surface area contributed by atoms with Gasteiger partial charge in [0.2, 0.25) is 0 Å². The minimum Gasteiger partial charge on any atom is -0.429 e. The Hall–Kier alpha value is -3.36. The van der Waals surface area contributed by atoms with Crippen molar-refractivity contribution in [2.75, 3.05) is 0 Å². The van der Waals surface area contributed by atoms with Crippen molar-refractivity contribution in [1.82, 2.24) is 0 Å². The van der Waals surface area contributed by atoms with Gasteiger partial charge in [-0.3, -0.25) is 4.79 Å². The van der Waals surface area contributed by atoms with Crippen LogP contribution in [0.25, 0.3) is 11.1 Å². The molecule has 0 aliphatic heterocycles. The molecule has 0 bridgehead atoms. The molecule has 0 unspecified atom stereocenters. The van der Waals surface area contributed by atoms with E-state index in [1.807, 2.05) is 0 Å². The predicted molar refractivity (Wildman–Crippen MR) is 88.0 cm³/mol. The second-order valence-corrected chi connectivity index (χ2v) is 5.85. The summed E-state index contributed by atoms with van der Waals surface area (Å²) in [5.41, 5.74) is -1.51. The Balaban J connectivity index is 1.89. The lowest BCUT2D eigenvalue weighted by Gasteiger charge is -2.19. The summed E-state index contributed by atoms with van der Waals surface area (Å²) in [6, 6.07) is 6.39. The molecule has 0 aliphatic carbocycles. The maximum absolute atomic E-state index is 14.2. The fraction of sp³-hybridized carbons (Fsp3) is 0.0500. The van der Waals surface area contributed by atoms with Gasteiger partial charge >= 0.3 is 6.11 Å². The predicted octanol–water partition coefficient (Wildman–Crippen LogP) is 5.99. The average Bonchev–Trinajstić information content (AvgIpc) is 2.68. The summed E-state index contributed by atoms with van der Waals surface area (Å²) in [5, 5.41) is 0. The van der Waals surface area contributed by atoms with Gasteiger partial charge in [0.1, 0.15) is 5.75 Å². The number of ether oxygens (including phenoxy) is 1. The third-order valence-electron chi connectivity index (χ3n) is 3.97. The number of rotatable bonds is 5. The van der Waals surface area contributed by atoms with Crippen LogP contribution in [-0.2, 0) is 6.11 Å². The molecule has 150 valence electrons. The lowest BCUT2D eigenvalue weighted by atomic mass is 10.0. The van der Waals surface area contributed by atoms with Crippen LogP contribution < -0.4 is 4.74 Å². The van der Waals surface area contributed by atoms with Gasteiger partial charge in [0.05, 0.1) is 11.1 Å². The van der Waals surface area contributed by atoms with E-state index in [-0.39, 0.29) is 29.5 Å². The first-order valence-corrected chi connectivity index (χ1v) is 7.89. The molecule has 0 saturated heterocycles. The summed E-state index contributed by atoms with van der Waals surface area (Å²) in [6.45, 7) is 0. The first-order chi connectivity index (χ1) is 13.6. The largest absolute Gasteiger partial charge is 0.429 e. The van der Waals surface area contributed by atoms with E-state index in [9.17, 15) is 35.5 Å². The summed E-state index contributed by atoms with van der Waals surface area (Å²) in [6.07, 6.45) is -3.94. The third kappa shape index (κ3) is 3.94. The minimum absolute atomic E-state index is 0.0253. The zero-order valence-corrected chi connectivity index (χ0v) is 14.2. The number of alkyl halides is 2. The number of halogens is 7. The van der Waals surface area contributed by atoms with Crippen LogP contribution in [0.1, 0.15) is 15.9 Å². The van der Waals surface area contributed by atoms with E-state index in [4.69, 9.17) is 0 Å². The fourth-order valence-corrected chi connectivity index (χ4v) is 2.52. The van der Waals surface area contributed by atoms with Crippen LogP contribution in [0.4, 0.5) is 30.7 Å². The van der Waals surface area contributed by atoms with Crippen LogP contribution in [0.5, 0.6) is 5.75 Å². The number of carbonyl (C=O) groups is 1. The molecule has 0 aromatic heterocycles. The smallest absolute Gasteiger partial charge is 0.426 e. The molecular weight excluding hydrogens is 405 g/mol. The first kappa shape index (κ1) is 20.4. The van der Waals surface area contributed by atoms with Crippen molar-refractivity contribution in [2.24, 2.45) is 0 Å². The second-order valence-electron chi connectivity index (χ2n) is 5.85. The number of carbonyl (C=O) groups excluding carboxylic acids is 1. The molecule has 29 heavy (non-hydrogen) atoms. The molecule has 0 N–H and O–H groups in total. The zero-order chi connectivity index (χ0) is 21.3.